The number of nitrogens with zero attached hydrogens (tertiary/aromatic N) is 1. The Morgan fingerprint density at radius 1 is 0.933 bits per heavy atom. The molecule has 0 aromatic heterocycles. The summed E-state index contributed by atoms with van der Waals surface area (Å²) in [5, 5.41) is 0. The fourth-order valence-electron chi connectivity index (χ4n) is 4.28. The van der Waals surface area contributed by atoms with Gasteiger partial charge < -0.3 is 9.64 Å². The number of aldehydes is 1. The molecule has 30 heavy (non-hydrogen) atoms. The first-order valence-corrected chi connectivity index (χ1v) is 10.6. The molecule has 0 saturated heterocycles. The zero-order valence-electron chi connectivity index (χ0n) is 17.8. The predicted molar refractivity (Wildman–Crippen MR) is 122 cm³/mol. The maximum absolute atomic E-state index is 10.8. The maximum Gasteiger partial charge on any atom is 0.150 e. The van der Waals surface area contributed by atoms with Crippen molar-refractivity contribution in [3.05, 3.63) is 89.0 Å². The van der Waals surface area contributed by atoms with Gasteiger partial charge in [-0.15, -0.1) is 0 Å². The first-order valence-electron chi connectivity index (χ1n) is 10.6. The van der Waals surface area contributed by atoms with Gasteiger partial charge in [-0.1, -0.05) is 54.6 Å². The third-order valence-corrected chi connectivity index (χ3v) is 5.87. The second-order valence-electron chi connectivity index (χ2n) is 8.53. The summed E-state index contributed by atoms with van der Waals surface area (Å²) in [6, 6.07) is 22.6. The molecule has 1 aliphatic rings. The Morgan fingerprint density at radius 2 is 1.63 bits per heavy atom. The van der Waals surface area contributed by atoms with Gasteiger partial charge in [0, 0.05) is 12.1 Å². The van der Waals surface area contributed by atoms with Crippen molar-refractivity contribution in [3.63, 3.8) is 0 Å². The number of rotatable bonds is 7. The number of ether oxygens (including phenoxy) is 1. The number of carbonyl (C=O) groups is 1. The van der Waals surface area contributed by atoms with Gasteiger partial charge in [0.25, 0.3) is 0 Å². The third kappa shape index (κ3) is 4.98. The van der Waals surface area contributed by atoms with Gasteiger partial charge in [0.1, 0.15) is 18.6 Å². The molecule has 0 fully saturated rings. The summed E-state index contributed by atoms with van der Waals surface area (Å²) in [4.78, 5) is 13.1. The fourth-order valence-corrected chi connectivity index (χ4v) is 4.28. The van der Waals surface area contributed by atoms with Crippen LogP contribution in [0.3, 0.4) is 0 Å². The number of hydrogen-bond donors (Lipinski definition) is 0. The van der Waals surface area contributed by atoms with Gasteiger partial charge in [-0.25, -0.2) is 0 Å². The van der Waals surface area contributed by atoms with E-state index < -0.39 is 0 Å². The number of fused-ring (bicyclic) bond motifs is 1. The van der Waals surface area contributed by atoms with Crippen molar-refractivity contribution in [2.24, 2.45) is 5.92 Å². The topological polar surface area (TPSA) is 29.5 Å². The van der Waals surface area contributed by atoms with E-state index in [1.54, 1.807) is 0 Å². The zero-order valence-corrected chi connectivity index (χ0v) is 17.8. The second-order valence-corrected chi connectivity index (χ2v) is 8.53. The molecule has 1 unspecified atom stereocenters. The molecule has 0 amide bonds. The molecule has 0 aliphatic heterocycles. The summed E-state index contributed by atoms with van der Waals surface area (Å²) in [5.41, 5.74) is 7.00. The van der Waals surface area contributed by atoms with Crippen LogP contribution in [0.5, 0.6) is 5.75 Å². The molecule has 3 aromatic rings. The molecule has 0 heterocycles. The monoisotopic (exact) mass is 399 g/mol. The lowest BCUT2D eigenvalue weighted by Gasteiger charge is -2.27. The molecule has 0 saturated carbocycles. The molecule has 154 valence electrons. The minimum absolute atomic E-state index is 0.562. The van der Waals surface area contributed by atoms with Crippen molar-refractivity contribution in [1.82, 2.24) is 4.90 Å². The molecule has 1 aliphatic carbocycles. The van der Waals surface area contributed by atoms with Crippen LogP contribution in [-0.2, 0) is 19.4 Å². The van der Waals surface area contributed by atoms with Gasteiger partial charge in [0.15, 0.2) is 0 Å². The van der Waals surface area contributed by atoms with Crippen LogP contribution in [0, 0.1) is 5.92 Å². The van der Waals surface area contributed by atoms with Gasteiger partial charge in [0.2, 0.25) is 0 Å². The van der Waals surface area contributed by atoms with Gasteiger partial charge in [-0.05, 0) is 79.2 Å². The molecule has 3 aromatic carbocycles. The van der Waals surface area contributed by atoms with E-state index in [9.17, 15) is 4.79 Å². The fraction of sp³-hybridized carbons (Fsp3) is 0.296. The Kier molecular flexibility index (Phi) is 6.29. The van der Waals surface area contributed by atoms with Crippen molar-refractivity contribution in [3.8, 4) is 16.9 Å². The largest absolute Gasteiger partial charge is 0.489 e. The van der Waals surface area contributed by atoms with E-state index in [2.05, 4.69) is 61.5 Å². The van der Waals surface area contributed by atoms with E-state index in [-0.39, 0.29) is 0 Å². The molecule has 0 radical (unpaired) electrons. The average Bonchev–Trinajstić information content (AvgIpc) is 2.77. The summed E-state index contributed by atoms with van der Waals surface area (Å²) in [6.45, 7) is 1.72. The summed E-state index contributed by atoms with van der Waals surface area (Å²) < 4.78 is 6.08. The van der Waals surface area contributed by atoms with Gasteiger partial charge in [-0.2, -0.15) is 0 Å². The lowest BCUT2D eigenvalue weighted by molar-refractivity contribution is 0.112. The summed E-state index contributed by atoms with van der Waals surface area (Å²) >= 11 is 0. The van der Waals surface area contributed by atoms with E-state index in [4.69, 9.17) is 4.74 Å². The van der Waals surface area contributed by atoms with Crippen LogP contribution in [0.2, 0.25) is 0 Å². The minimum atomic E-state index is 0.562. The van der Waals surface area contributed by atoms with Gasteiger partial charge in [0.05, 0.1) is 0 Å². The zero-order chi connectivity index (χ0) is 20.9. The van der Waals surface area contributed by atoms with E-state index >= 15 is 0 Å². The van der Waals surface area contributed by atoms with Crippen molar-refractivity contribution in [1.29, 1.82) is 0 Å². The van der Waals surface area contributed by atoms with Crippen molar-refractivity contribution >= 4 is 6.29 Å². The number of hydrogen-bond acceptors (Lipinski definition) is 3. The molecule has 0 spiro atoms. The summed E-state index contributed by atoms with van der Waals surface area (Å²) in [6.07, 6.45) is 4.43. The Bertz CT molecular complexity index is 990. The number of aryl methyl sites for hydroxylation is 1. The molecule has 3 nitrogen and oxygen atoms in total. The first kappa shape index (κ1) is 20.4. The van der Waals surface area contributed by atoms with Crippen molar-refractivity contribution < 1.29 is 9.53 Å². The molecule has 3 heteroatoms. The number of carbonyl (C=O) groups excluding carboxylic acids is 1. The minimum Gasteiger partial charge on any atom is -0.489 e. The molecule has 0 bridgehead atoms. The molecule has 4 rings (SSSR count). The lowest BCUT2D eigenvalue weighted by atomic mass is 9.83. The highest BCUT2D eigenvalue weighted by atomic mass is 16.5. The number of benzene rings is 3. The van der Waals surface area contributed by atoms with Gasteiger partial charge in [-0.3, -0.25) is 4.79 Å². The van der Waals surface area contributed by atoms with E-state index in [0.29, 0.717) is 12.2 Å². The standard InChI is InChI=1S/C27H29NO2/c1-28(2)17-22-7-12-26-16-27(14-13-25(26)15-22)30-19-21-5-10-24(11-6-21)23-8-3-20(18-29)4-9-23/h3-6,8-11,13-14,16,18,22H,7,12,15,17,19H2,1-2H3. The quantitative estimate of drug-likeness (QED) is 0.498. The lowest BCUT2D eigenvalue weighted by Crippen LogP contribution is -2.26. The Balaban J connectivity index is 1.36. The maximum atomic E-state index is 10.8. The van der Waals surface area contributed by atoms with E-state index in [0.717, 1.165) is 47.6 Å². The summed E-state index contributed by atoms with van der Waals surface area (Å²) in [5.74, 6) is 1.71. The van der Waals surface area contributed by atoms with Crippen LogP contribution in [0.25, 0.3) is 11.1 Å². The molecule has 1 atom stereocenters. The Labute approximate surface area is 179 Å². The average molecular weight is 400 g/mol. The predicted octanol–water partition coefficient (Wildman–Crippen LogP) is 5.41. The molecular weight excluding hydrogens is 370 g/mol. The highest BCUT2D eigenvalue weighted by Crippen LogP contribution is 2.29. The highest BCUT2D eigenvalue weighted by Gasteiger charge is 2.19. The normalized spacial score (nSPS) is 15.6. The van der Waals surface area contributed by atoms with Crippen LogP contribution < -0.4 is 4.74 Å². The van der Waals surface area contributed by atoms with Crippen LogP contribution in [0.15, 0.2) is 66.7 Å². The first-order chi connectivity index (χ1) is 14.6. The van der Waals surface area contributed by atoms with Gasteiger partial charge >= 0.3 is 0 Å². The SMILES string of the molecule is CN(C)CC1CCc2cc(OCc3ccc(-c4ccc(C=O)cc4)cc3)ccc2C1. The van der Waals surface area contributed by atoms with Crippen LogP contribution in [0.1, 0.15) is 33.5 Å². The van der Waals surface area contributed by atoms with Crippen LogP contribution >= 0.6 is 0 Å². The van der Waals surface area contributed by atoms with Crippen molar-refractivity contribution in [2.75, 3.05) is 20.6 Å². The third-order valence-electron chi connectivity index (χ3n) is 5.87. The highest BCUT2D eigenvalue weighted by molar-refractivity contribution is 5.76. The Hall–Kier alpha value is -2.91. The second kappa shape index (κ2) is 9.27. The van der Waals surface area contributed by atoms with E-state index in [1.165, 1.54) is 24.0 Å². The van der Waals surface area contributed by atoms with Crippen LogP contribution in [-0.4, -0.2) is 31.8 Å². The van der Waals surface area contributed by atoms with Crippen LogP contribution in [0.4, 0.5) is 0 Å². The molecule has 0 N–H and O–H groups in total. The smallest absolute Gasteiger partial charge is 0.150 e. The molecular formula is C27H29NO2. The van der Waals surface area contributed by atoms with E-state index in [1.807, 2.05) is 24.3 Å². The van der Waals surface area contributed by atoms with Crippen molar-refractivity contribution in [2.45, 2.75) is 25.9 Å². The summed E-state index contributed by atoms with van der Waals surface area (Å²) in [7, 11) is 4.31. The Morgan fingerprint density at radius 3 is 2.30 bits per heavy atom.